The van der Waals surface area contributed by atoms with Gasteiger partial charge in [-0.1, -0.05) is 24.3 Å². The third kappa shape index (κ3) is 3.58. The Morgan fingerprint density at radius 2 is 1.86 bits per heavy atom. The van der Waals surface area contributed by atoms with E-state index in [0.717, 1.165) is 17.5 Å². The van der Waals surface area contributed by atoms with Crippen LogP contribution >= 0.6 is 0 Å². The average Bonchev–Trinajstić information content (AvgIpc) is 2.18. The van der Waals surface area contributed by atoms with E-state index in [4.69, 9.17) is 10.5 Å². The molecule has 0 aliphatic carbocycles. The topological polar surface area (TPSA) is 50.1 Å². The monoisotopic (exact) mass is 192 g/mol. The van der Waals surface area contributed by atoms with E-state index in [1.54, 1.807) is 0 Å². The van der Waals surface area contributed by atoms with Gasteiger partial charge in [0.1, 0.15) is 0 Å². The summed E-state index contributed by atoms with van der Waals surface area (Å²) in [7, 11) is 0. The summed E-state index contributed by atoms with van der Waals surface area (Å²) < 4.78 is 4.83. The number of benzene rings is 1. The zero-order valence-corrected chi connectivity index (χ0v) is 8.25. The lowest BCUT2D eigenvalue weighted by Gasteiger charge is -2.03. The molecular weight excluding hydrogens is 178 g/mol. The Labute approximate surface area is 83.9 Å². The van der Waals surface area contributed by atoms with E-state index in [9.17, 15) is 4.79 Å². The second-order valence-corrected chi connectivity index (χ2v) is 3.08. The number of hydrogen-bond acceptors (Lipinski definition) is 2. The number of carbonyl (C=O) groups excluding carboxylic acids is 1. The fraction of sp³-hybridized carbons (Fsp3) is 0.364. The molecule has 75 valence electrons. The molecule has 0 aliphatic rings. The first kappa shape index (κ1) is 10.7. The van der Waals surface area contributed by atoms with Crippen LogP contribution < -0.4 is 5.73 Å². The van der Waals surface area contributed by atoms with Crippen molar-refractivity contribution in [3.63, 3.8) is 0 Å². The molecule has 0 atom stereocenters. The van der Waals surface area contributed by atoms with Crippen molar-refractivity contribution >= 4 is 5.97 Å². The van der Waals surface area contributed by atoms with Crippen LogP contribution in [-0.2, 0) is 22.5 Å². The van der Waals surface area contributed by atoms with Gasteiger partial charge in [0.05, 0.1) is 6.61 Å². The van der Waals surface area contributed by atoms with E-state index in [1.165, 1.54) is 6.92 Å². The standard InChI is InChI=1S/C11H14NO2/c1-9(13)14-7-6-10-2-4-11(8-12)5-3-10/h2-5,12H,6-8H2,1H3. The SMILES string of the molecule is CC(=O)OCCc1ccc(C[NH])cc1. The van der Waals surface area contributed by atoms with E-state index >= 15 is 0 Å². The highest BCUT2D eigenvalue weighted by Gasteiger charge is 1.96. The largest absolute Gasteiger partial charge is 0.466 e. The zero-order chi connectivity index (χ0) is 10.4. The molecule has 1 aromatic carbocycles. The van der Waals surface area contributed by atoms with Crippen LogP contribution in [-0.4, -0.2) is 12.6 Å². The van der Waals surface area contributed by atoms with Gasteiger partial charge in [-0.25, -0.2) is 0 Å². The van der Waals surface area contributed by atoms with Crippen molar-refractivity contribution in [1.82, 2.24) is 5.73 Å². The van der Waals surface area contributed by atoms with Crippen LogP contribution in [0.2, 0.25) is 0 Å². The molecule has 0 fully saturated rings. The van der Waals surface area contributed by atoms with Crippen LogP contribution in [0.5, 0.6) is 0 Å². The Morgan fingerprint density at radius 1 is 1.29 bits per heavy atom. The minimum Gasteiger partial charge on any atom is -0.466 e. The Morgan fingerprint density at radius 3 is 2.36 bits per heavy atom. The van der Waals surface area contributed by atoms with Crippen molar-refractivity contribution in [3.05, 3.63) is 35.4 Å². The molecule has 1 radical (unpaired) electrons. The van der Waals surface area contributed by atoms with Crippen molar-refractivity contribution < 1.29 is 9.53 Å². The average molecular weight is 192 g/mol. The first-order valence-electron chi connectivity index (χ1n) is 4.58. The van der Waals surface area contributed by atoms with Gasteiger partial charge in [-0.2, -0.15) is 0 Å². The summed E-state index contributed by atoms with van der Waals surface area (Å²) in [4.78, 5) is 10.5. The van der Waals surface area contributed by atoms with Crippen LogP contribution in [0.1, 0.15) is 18.1 Å². The third-order valence-corrected chi connectivity index (χ3v) is 1.92. The van der Waals surface area contributed by atoms with Gasteiger partial charge in [0, 0.05) is 19.9 Å². The van der Waals surface area contributed by atoms with E-state index in [2.05, 4.69) is 0 Å². The highest BCUT2D eigenvalue weighted by Crippen LogP contribution is 2.04. The van der Waals surface area contributed by atoms with Gasteiger partial charge in [-0.15, -0.1) is 0 Å². The summed E-state index contributed by atoms with van der Waals surface area (Å²) >= 11 is 0. The molecule has 1 N–H and O–H groups in total. The molecule has 14 heavy (non-hydrogen) atoms. The molecule has 0 spiro atoms. The van der Waals surface area contributed by atoms with Gasteiger partial charge < -0.3 is 4.74 Å². The number of esters is 1. The summed E-state index contributed by atoms with van der Waals surface area (Å²) in [5, 5.41) is 0. The number of hydrogen-bond donors (Lipinski definition) is 0. The van der Waals surface area contributed by atoms with Crippen LogP contribution in [0.4, 0.5) is 0 Å². The normalized spacial score (nSPS) is 9.86. The minimum absolute atomic E-state index is 0.243. The van der Waals surface area contributed by atoms with Crippen LogP contribution in [0.15, 0.2) is 24.3 Å². The predicted molar refractivity (Wildman–Crippen MR) is 53.6 cm³/mol. The van der Waals surface area contributed by atoms with Crippen molar-refractivity contribution in [1.29, 1.82) is 0 Å². The molecule has 3 nitrogen and oxygen atoms in total. The number of ether oxygens (including phenoxy) is 1. The molecule has 0 aromatic heterocycles. The second kappa shape index (κ2) is 5.40. The Balaban J connectivity index is 2.40. The van der Waals surface area contributed by atoms with Gasteiger partial charge in [-0.05, 0) is 11.1 Å². The summed E-state index contributed by atoms with van der Waals surface area (Å²) in [6.07, 6.45) is 0.734. The molecule has 0 saturated carbocycles. The Kier molecular flexibility index (Phi) is 4.13. The lowest BCUT2D eigenvalue weighted by Crippen LogP contribution is -2.03. The Hall–Kier alpha value is -1.35. The molecule has 0 amide bonds. The molecule has 1 aromatic rings. The maximum atomic E-state index is 10.5. The fourth-order valence-corrected chi connectivity index (χ4v) is 1.14. The Bertz CT molecular complexity index is 293. The molecule has 1 rings (SSSR count). The molecular formula is C11H14NO2. The molecule has 0 unspecified atom stereocenters. The lowest BCUT2D eigenvalue weighted by molar-refractivity contribution is -0.140. The van der Waals surface area contributed by atoms with Crippen LogP contribution in [0.3, 0.4) is 0 Å². The summed E-state index contributed by atoms with van der Waals surface area (Å²) in [5.41, 5.74) is 9.27. The van der Waals surface area contributed by atoms with Gasteiger partial charge in [0.15, 0.2) is 0 Å². The maximum Gasteiger partial charge on any atom is 0.302 e. The van der Waals surface area contributed by atoms with E-state index in [0.29, 0.717) is 13.2 Å². The first-order valence-corrected chi connectivity index (χ1v) is 4.58. The van der Waals surface area contributed by atoms with E-state index < -0.39 is 0 Å². The summed E-state index contributed by atoms with van der Waals surface area (Å²) in [6, 6.07) is 7.78. The molecule has 3 heteroatoms. The first-order chi connectivity index (χ1) is 6.72. The van der Waals surface area contributed by atoms with E-state index in [1.807, 2.05) is 24.3 Å². The van der Waals surface area contributed by atoms with Gasteiger partial charge >= 0.3 is 5.97 Å². The second-order valence-electron chi connectivity index (χ2n) is 3.08. The minimum atomic E-state index is -0.243. The van der Waals surface area contributed by atoms with Crippen molar-refractivity contribution in [2.45, 2.75) is 19.9 Å². The number of rotatable bonds is 4. The zero-order valence-electron chi connectivity index (χ0n) is 8.25. The van der Waals surface area contributed by atoms with Gasteiger partial charge in [0.25, 0.3) is 0 Å². The summed E-state index contributed by atoms with van der Waals surface area (Å²) in [5.74, 6) is -0.243. The van der Waals surface area contributed by atoms with Gasteiger partial charge in [-0.3, -0.25) is 10.5 Å². The molecule has 0 bridgehead atoms. The van der Waals surface area contributed by atoms with Crippen molar-refractivity contribution in [2.24, 2.45) is 0 Å². The maximum absolute atomic E-state index is 10.5. The smallest absolute Gasteiger partial charge is 0.302 e. The number of nitrogens with one attached hydrogen (secondary N) is 1. The van der Waals surface area contributed by atoms with Gasteiger partial charge in [0.2, 0.25) is 0 Å². The highest BCUT2D eigenvalue weighted by molar-refractivity contribution is 5.65. The third-order valence-electron chi connectivity index (χ3n) is 1.92. The summed E-state index contributed by atoms with van der Waals surface area (Å²) in [6.45, 7) is 2.14. The van der Waals surface area contributed by atoms with Crippen LogP contribution in [0.25, 0.3) is 0 Å². The molecule has 0 aliphatic heterocycles. The molecule has 0 heterocycles. The molecule has 0 saturated heterocycles. The van der Waals surface area contributed by atoms with E-state index in [-0.39, 0.29) is 5.97 Å². The van der Waals surface area contributed by atoms with Crippen molar-refractivity contribution in [3.8, 4) is 0 Å². The lowest BCUT2D eigenvalue weighted by atomic mass is 10.1. The van der Waals surface area contributed by atoms with Crippen molar-refractivity contribution in [2.75, 3.05) is 6.61 Å². The predicted octanol–water partition coefficient (Wildman–Crippen LogP) is 1.58. The number of carbonyl (C=O) groups is 1. The van der Waals surface area contributed by atoms with Crippen LogP contribution in [0, 0.1) is 0 Å². The quantitative estimate of drug-likeness (QED) is 0.680. The highest BCUT2D eigenvalue weighted by atomic mass is 16.5. The fourth-order valence-electron chi connectivity index (χ4n) is 1.14.